The largest absolute Gasteiger partial charge is 0.497 e. The molecule has 24 heavy (non-hydrogen) atoms. The second-order valence-electron chi connectivity index (χ2n) is 5.48. The molecule has 0 fully saturated rings. The molecule has 122 valence electrons. The average molecular weight is 322 g/mol. The Labute approximate surface area is 140 Å². The number of carboxylic acid groups (broad SMARTS) is 1. The number of hydrogen-bond acceptors (Lipinski definition) is 3. The Kier molecular flexibility index (Phi) is 4.66. The number of benzene rings is 3. The molecule has 0 radical (unpaired) electrons. The molecule has 3 rings (SSSR count). The van der Waals surface area contributed by atoms with Gasteiger partial charge in [0.2, 0.25) is 0 Å². The van der Waals surface area contributed by atoms with Gasteiger partial charge in [-0.05, 0) is 29.1 Å². The second-order valence-corrected chi connectivity index (χ2v) is 5.48. The highest BCUT2D eigenvalue weighted by atomic mass is 16.5. The van der Waals surface area contributed by atoms with Crippen molar-refractivity contribution in [2.24, 2.45) is 0 Å². The standard InChI is InChI=1S/C20H18O4/c1-23-16-9-4-6-14(12-16)13-19(20(21)22)24-18-11-5-8-15-7-2-3-10-17(15)18/h2-12,19H,13H2,1H3,(H,21,22)/t19-/m1/s1. The van der Waals surface area contributed by atoms with Crippen molar-refractivity contribution in [3.05, 3.63) is 72.3 Å². The van der Waals surface area contributed by atoms with Gasteiger partial charge in [-0.3, -0.25) is 0 Å². The van der Waals surface area contributed by atoms with Crippen LogP contribution in [-0.4, -0.2) is 24.3 Å². The first-order valence-electron chi connectivity index (χ1n) is 7.67. The smallest absolute Gasteiger partial charge is 0.345 e. The molecule has 0 aliphatic rings. The van der Waals surface area contributed by atoms with E-state index in [2.05, 4.69) is 0 Å². The van der Waals surface area contributed by atoms with Crippen molar-refractivity contribution in [3.63, 3.8) is 0 Å². The molecule has 1 N–H and O–H groups in total. The number of fused-ring (bicyclic) bond motifs is 1. The number of ether oxygens (including phenoxy) is 2. The van der Waals surface area contributed by atoms with E-state index in [1.54, 1.807) is 13.2 Å². The van der Waals surface area contributed by atoms with Crippen LogP contribution >= 0.6 is 0 Å². The number of aliphatic carboxylic acids is 1. The molecule has 0 aromatic heterocycles. The Hall–Kier alpha value is -3.01. The third kappa shape index (κ3) is 3.49. The van der Waals surface area contributed by atoms with Gasteiger partial charge in [0, 0.05) is 11.8 Å². The van der Waals surface area contributed by atoms with Gasteiger partial charge < -0.3 is 14.6 Å². The van der Waals surface area contributed by atoms with Crippen LogP contribution in [0.15, 0.2) is 66.7 Å². The van der Waals surface area contributed by atoms with Crippen LogP contribution in [0.3, 0.4) is 0 Å². The second kappa shape index (κ2) is 7.04. The zero-order valence-corrected chi connectivity index (χ0v) is 13.3. The molecule has 4 nitrogen and oxygen atoms in total. The van der Waals surface area contributed by atoms with E-state index >= 15 is 0 Å². The lowest BCUT2D eigenvalue weighted by molar-refractivity contribution is -0.144. The van der Waals surface area contributed by atoms with Crippen LogP contribution in [0.5, 0.6) is 11.5 Å². The normalized spacial score (nSPS) is 11.9. The molecular weight excluding hydrogens is 304 g/mol. The van der Waals surface area contributed by atoms with E-state index in [0.717, 1.165) is 16.3 Å². The number of rotatable bonds is 6. The summed E-state index contributed by atoms with van der Waals surface area (Å²) in [6, 6.07) is 20.7. The van der Waals surface area contributed by atoms with Gasteiger partial charge >= 0.3 is 5.97 Å². The van der Waals surface area contributed by atoms with E-state index in [-0.39, 0.29) is 6.42 Å². The van der Waals surface area contributed by atoms with Crippen LogP contribution in [0.2, 0.25) is 0 Å². The number of carboxylic acids is 1. The maximum atomic E-state index is 11.6. The van der Waals surface area contributed by atoms with Gasteiger partial charge in [-0.1, -0.05) is 48.5 Å². The molecule has 0 heterocycles. The predicted octanol–water partition coefficient (Wildman–Crippen LogP) is 3.92. The van der Waals surface area contributed by atoms with E-state index < -0.39 is 12.1 Å². The highest BCUT2D eigenvalue weighted by Gasteiger charge is 2.21. The molecule has 0 saturated carbocycles. The van der Waals surface area contributed by atoms with Crippen LogP contribution in [0.25, 0.3) is 10.8 Å². The molecular formula is C20H18O4. The Balaban J connectivity index is 1.87. The van der Waals surface area contributed by atoms with Crippen molar-refractivity contribution in [1.29, 1.82) is 0 Å². The summed E-state index contributed by atoms with van der Waals surface area (Å²) in [6.07, 6.45) is -0.710. The Bertz CT molecular complexity index is 852. The van der Waals surface area contributed by atoms with E-state index in [4.69, 9.17) is 9.47 Å². The summed E-state index contributed by atoms with van der Waals surface area (Å²) < 4.78 is 11.0. The fraction of sp³-hybridized carbons (Fsp3) is 0.150. The number of carbonyl (C=O) groups is 1. The lowest BCUT2D eigenvalue weighted by Gasteiger charge is -2.17. The molecule has 0 saturated heterocycles. The fourth-order valence-electron chi connectivity index (χ4n) is 2.64. The maximum absolute atomic E-state index is 11.6. The lowest BCUT2D eigenvalue weighted by Crippen LogP contribution is -2.29. The molecule has 0 spiro atoms. The van der Waals surface area contributed by atoms with Crippen LogP contribution in [0.4, 0.5) is 0 Å². The summed E-state index contributed by atoms with van der Waals surface area (Å²) >= 11 is 0. The summed E-state index contributed by atoms with van der Waals surface area (Å²) in [7, 11) is 1.58. The van der Waals surface area contributed by atoms with Crippen molar-refractivity contribution >= 4 is 16.7 Å². The molecule has 0 aliphatic heterocycles. The van der Waals surface area contributed by atoms with Crippen LogP contribution in [-0.2, 0) is 11.2 Å². The molecule has 0 aliphatic carbocycles. The molecule has 0 amide bonds. The topological polar surface area (TPSA) is 55.8 Å². The monoisotopic (exact) mass is 322 g/mol. The van der Waals surface area contributed by atoms with Crippen LogP contribution in [0, 0.1) is 0 Å². The average Bonchev–Trinajstić information content (AvgIpc) is 2.61. The number of hydrogen-bond donors (Lipinski definition) is 1. The predicted molar refractivity (Wildman–Crippen MR) is 92.7 cm³/mol. The first kappa shape index (κ1) is 15.9. The van der Waals surface area contributed by atoms with Gasteiger partial charge in [-0.2, -0.15) is 0 Å². The minimum absolute atomic E-state index is 0.260. The maximum Gasteiger partial charge on any atom is 0.345 e. The summed E-state index contributed by atoms with van der Waals surface area (Å²) in [5.41, 5.74) is 0.849. The fourth-order valence-corrected chi connectivity index (χ4v) is 2.64. The minimum Gasteiger partial charge on any atom is -0.497 e. The third-order valence-electron chi connectivity index (χ3n) is 3.85. The highest BCUT2D eigenvalue weighted by Crippen LogP contribution is 2.27. The Morgan fingerprint density at radius 1 is 1.04 bits per heavy atom. The van der Waals surface area contributed by atoms with Crippen molar-refractivity contribution in [2.45, 2.75) is 12.5 Å². The molecule has 3 aromatic carbocycles. The van der Waals surface area contributed by atoms with Crippen molar-refractivity contribution in [2.75, 3.05) is 7.11 Å². The summed E-state index contributed by atoms with van der Waals surface area (Å²) in [4.78, 5) is 11.6. The Morgan fingerprint density at radius 2 is 1.79 bits per heavy atom. The van der Waals surface area contributed by atoms with Crippen LogP contribution in [0.1, 0.15) is 5.56 Å². The third-order valence-corrected chi connectivity index (χ3v) is 3.85. The van der Waals surface area contributed by atoms with Crippen molar-refractivity contribution in [1.82, 2.24) is 0 Å². The van der Waals surface area contributed by atoms with Gasteiger partial charge in [0.25, 0.3) is 0 Å². The van der Waals surface area contributed by atoms with E-state index in [0.29, 0.717) is 11.5 Å². The SMILES string of the molecule is COc1cccc(C[C@@H](Oc2cccc3ccccc23)C(=O)O)c1. The van der Waals surface area contributed by atoms with Crippen molar-refractivity contribution < 1.29 is 19.4 Å². The quantitative estimate of drug-likeness (QED) is 0.747. The van der Waals surface area contributed by atoms with Gasteiger partial charge in [0.05, 0.1) is 7.11 Å². The lowest BCUT2D eigenvalue weighted by atomic mass is 10.1. The van der Waals surface area contributed by atoms with Crippen LogP contribution < -0.4 is 9.47 Å². The highest BCUT2D eigenvalue weighted by molar-refractivity contribution is 5.88. The molecule has 3 aromatic rings. The first-order chi connectivity index (χ1) is 11.7. The van der Waals surface area contributed by atoms with Crippen molar-refractivity contribution in [3.8, 4) is 11.5 Å². The molecule has 4 heteroatoms. The molecule has 1 atom stereocenters. The number of methoxy groups -OCH3 is 1. The van der Waals surface area contributed by atoms with Gasteiger partial charge in [-0.15, -0.1) is 0 Å². The van der Waals surface area contributed by atoms with Gasteiger partial charge in [-0.25, -0.2) is 4.79 Å². The first-order valence-corrected chi connectivity index (χ1v) is 7.67. The summed E-state index contributed by atoms with van der Waals surface area (Å²) in [5, 5.41) is 11.5. The zero-order valence-electron chi connectivity index (χ0n) is 13.3. The van der Waals surface area contributed by atoms with E-state index in [1.807, 2.05) is 60.7 Å². The molecule has 0 unspecified atom stereocenters. The van der Waals surface area contributed by atoms with Gasteiger partial charge in [0.15, 0.2) is 6.10 Å². The zero-order chi connectivity index (χ0) is 16.9. The van der Waals surface area contributed by atoms with Gasteiger partial charge in [0.1, 0.15) is 11.5 Å². The summed E-state index contributed by atoms with van der Waals surface area (Å²) in [5.74, 6) is 0.274. The minimum atomic E-state index is -0.995. The van der Waals surface area contributed by atoms with E-state index in [1.165, 1.54) is 0 Å². The van der Waals surface area contributed by atoms with E-state index in [9.17, 15) is 9.90 Å². The summed E-state index contributed by atoms with van der Waals surface area (Å²) in [6.45, 7) is 0. The molecule has 0 bridgehead atoms. The Morgan fingerprint density at radius 3 is 2.58 bits per heavy atom.